The summed E-state index contributed by atoms with van der Waals surface area (Å²) < 4.78 is 26.7. The Morgan fingerprint density at radius 1 is 1.24 bits per heavy atom. The second-order valence-electron chi connectivity index (χ2n) is 6.66. The number of amides is 2. The number of carbonyl (C=O) groups excluding carboxylic acids is 1. The Bertz CT molecular complexity index is 641. The predicted molar refractivity (Wildman–Crippen MR) is 98.8 cm³/mol. The first-order valence-corrected chi connectivity index (χ1v) is 10.5. The molecule has 1 aliphatic heterocycles. The van der Waals surface area contributed by atoms with Crippen LogP contribution in [0.5, 0.6) is 0 Å². The number of rotatable bonds is 7. The molecular formula is C18H29N3O3S. The molecule has 0 saturated carbocycles. The average Bonchev–Trinajstić information content (AvgIpc) is 2.62. The molecule has 1 aromatic rings. The minimum Gasteiger partial charge on any atom is -0.338 e. The van der Waals surface area contributed by atoms with Crippen molar-refractivity contribution in [2.75, 3.05) is 19.6 Å². The number of nitrogens with one attached hydrogen (secondary N) is 2. The van der Waals surface area contributed by atoms with Gasteiger partial charge in [-0.2, -0.15) is 4.31 Å². The highest BCUT2D eigenvalue weighted by Crippen LogP contribution is 2.25. The molecule has 1 fully saturated rings. The van der Waals surface area contributed by atoms with Crippen molar-refractivity contribution >= 4 is 16.1 Å². The van der Waals surface area contributed by atoms with Gasteiger partial charge < -0.3 is 10.6 Å². The summed E-state index contributed by atoms with van der Waals surface area (Å²) in [7, 11) is -3.38. The molecule has 0 spiro atoms. The van der Waals surface area contributed by atoms with E-state index in [0.29, 0.717) is 30.4 Å². The number of hydrogen-bond acceptors (Lipinski definition) is 3. The van der Waals surface area contributed by atoms with Gasteiger partial charge in [0, 0.05) is 25.7 Å². The highest BCUT2D eigenvalue weighted by molar-refractivity contribution is 7.89. The fraction of sp³-hybridized carbons (Fsp3) is 0.611. The molecule has 0 aliphatic carbocycles. The van der Waals surface area contributed by atoms with E-state index in [9.17, 15) is 13.2 Å². The molecule has 1 atom stereocenters. The maximum absolute atomic E-state index is 12.6. The van der Waals surface area contributed by atoms with Gasteiger partial charge in [-0.1, -0.05) is 25.1 Å². The van der Waals surface area contributed by atoms with Gasteiger partial charge in [-0.25, -0.2) is 13.2 Å². The van der Waals surface area contributed by atoms with E-state index in [-0.39, 0.29) is 12.1 Å². The van der Waals surface area contributed by atoms with Gasteiger partial charge in [0.05, 0.1) is 4.90 Å². The third-order valence-electron chi connectivity index (χ3n) is 4.78. The maximum Gasteiger partial charge on any atom is 0.314 e. The summed E-state index contributed by atoms with van der Waals surface area (Å²) in [6.07, 6.45) is 3.45. The van der Waals surface area contributed by atoms with Gasteiger partial charge in [0.2, 0.25) is 10.0 Å². The lowest BCUT2D eigenvalue weighted by Crippen LogP contribution is -2.42. The number of nitrogens with zero attached hydrogens (tertiary/aromatic N) is 1. The normalized spacial score (nSPS) is 17.8. The van der Waals surface area contributed by atoms with Gasteiger partial charge in [-0.05, 0) is 50.7 Å². The fourth-order valence-corrected chi connectivity index (χ4v) is 4.44. The molecule has 1 heterocycles. The summed E-state index contributed by atoms with van der Waals surface area (Å²) in [4.78, 5) is 12.0. The highest BCUT2D eigenvalue weighted by atomic mass is 32.2. The molecule has 0 aromatic heterocycles. The van der Waals surface area contributed by atoms with E-state index in [4.69, 9.17) is 0 Å². The molecule has 1 aromatic carbocycles. The van der Waals surface area contributed by atoms with E-state index in [1.165, 1.54) is 0 Å². The second kappa shape index (κ2) is 9.20. The quantitative estimate of drug-likeness (QED) is 0.777. The number of benzene rings is 1. The zero-order valence-electron chi connectivity index (χ0n) is 15.1. The second-order valence-corrected chi connectivity index (χ2v) is 8.60. The molecule has 7 heteroatoms. The van der Waals surface area contributed by atoms with Crippen LogP contribution in [-0.4, -0.2) is 44.4 Å². The fourth-order valence-electron chi connectivity index (χ4n) is 2.95. The summed E-state index contributed by atoms with van der Waals surface area (Å²) in [5.41, 5.74) is 0. The molecular weight excluding hydrogens is 338 g/mol. The Morgan fingerprint density at radius 2 is 1.88 bits per heavy atom. The van der Waals surface area contributed by atoms with Crippen molar-refractivity contribution in [3.63, 3.8) is 0 Å². The van der Waals surface area contributed by atoms with Crippen LogP contribution in [0.3, 0.4) is 0 Å². The Kier molecular flexibility index (Phi) is 7.25. The van der Waals surface area contributed by atoms with E-state index in [2.05, 4.69) is 10.6 Å². The largest absolute Gasteiger partial charge is 0.338 e. The summed E-state index contributed by atoms with van der Waals surface area (Å²) in [5, 5.41) is 5.76. The van der Waals surface area contributed by atoms with Crippen LogP contribution in [0.2, 0.25) is 0 Å². The molecule has 0 radical (unpaired) electrons. The molecule has 140 valence electrons. The van der Waals surface area contributed by atoms with Gasteiger partial charge >= 0.3 is 6.03 Å². The number of piperidine rings is 1. The third-order valence-corrected chi connectivity index (χ3v) is 6.70. The molecule has 6 nitrogen and oxygen atoms in total. The van der Waals surface area contributed by atoms with Gasteiger partial charge in [-0.15, -0.1) is 0 Å². The van der Waals surface area contributed by atoms with Crippen molar-refractivity contribution in [3.8, 4) is 0 Å². The van der Waals surface area contributed by atoms with Gasteiger partial charge in [-0.3, -0.25) is 0 Å². The predicted octanol–water partition coefficient (Wildman–Crippen LogP) is 2.58. The lowest BCUT2D eigenvalue weighted by molar-refractivity contribution is 0.233. The van der Waals surface area contributed by atoms with E-state index in [0.717, 1.165) is 25.7 Å². The van der Waals surface area contributed by atoms with E-state index < -0.39 is 10.0 Å². The summed E-state index contributed by atoms with van der Waals surface area (Å²) in [5.74, 6) is 0.450. The van der Waals surface area contributed by atoms with Crippen molar-refractivity contribution in [1.82, 2.24) is 14.9 Å². The number of urea groups is 1. The SMILES string of the molecule is CC[C@@H](C)NC(=O)NCCC1CCN(S(=O)(=O)c2ccccc2)CC1. The monoisotopic (exact) mass is 367 g/mol. The van der Waals surface area contributed by atoms with Crippen molar-refractivity contribution in [1.29, 1.82) is 0 Å². The zero-order valence-corrected chi connectivity index (χ0v) is 15.9. The van der Waals surface area contributed by atoms with Crippen molar-refractivity contribution in [3.05, 3.63) is 30.3 Å². The molecule has 25 heavy (non-hydrogen) atoms. The van der Waals surface area contributed by atoms with Crippen LogP contribution in [0.25, 0.3) is 0 Å². The van der Waals surface area contributed by atoms with Crippen LogP contribution in [0.4, 0.5) is 4.79 Å². The van der Waals surface area contributed by atoms with E-state index in [1.54, 1.807) is 28.6 Å². The Hall–Kier alpha value is -1.60. The van der Waals surface area contributed by atoms with Gasteiger partial charge in [0.15, 0.2) is 0 Å². The molecule has 2 amide bonds. The minimum atomic E-state index is -3.38. The topological polar surface area (TPSA) is 78.5 Å². The first-order valence-electron chi connectivity index (χ1n) is 9.03. The van der Waals surface area contributed by atoms with Crippen LogP contribution >= 0.6 is 0 Å². The summed E-state index contributed by atoms with van der Waals surface area (Å²) >= 11 is 0. The summed E-state index contributed by atoms with van der Waals surface area (Å²) in [6, 6.07) is 8.63. The number of sulfonamides is 1. The van der Waals surface area contributed by atoms with Crippen LogP contribution in [0, 0.1) is 5.92 Å². The number of hydrogen-bond donors (Lipinski definition) is 2. The van der Waals surface area contributed by atoms with Crippen LogP contribution in [-0.2, 0) is 10.0 Å². The Balaban J connectivity index is 1.74. The third kappa shape index (κ3) is 5.71. The smallest absolute Gasteiger partial charge is 0.314 e. The number of carbonyl (C=O) groups is 1. The van der Waals surface area contributed by atoms with Gasteiger partial charge in [0.1, 0.15) is 0 Å². The van der Waals surface area contributed by atoms with Crippen molar-refractivity contribution in [2.24, 2.45) is 5.92 Å². The molecule has 2 rings (SSSR count). The van der Waals surface area contributed by atoms with Crippen LogP contribution in [0.1, 0.15) is 39.5 Å². The molecule has 1 saturated heterocycles. The molecule has 1 aliphatic rings. The van der Waals surface area contributed by atoms with Crippen molar-refractivity contribution < 1.29 is 13.2 Å². The lowest BCUT2D eigenvalue weighted by atomic mass is 9.95. The Labute approximate surface area is 151 Å². The Morgan fingerprint density at radius 3 is 2.48 bits per heavy atom. The zero-order chi connectivity index (χ0) is 18.3. The molecule has 0 unspecified atom stereocenters. The van der Waals surface area contributed by atoms with Crippen LogP contribution in [0.15, 0.2) is 35.2 Å². The first kappa shape index (κ1) is 19.7. The standard InChI is InChI=1S/C18H29N3O3S/c1-3-15(2)20-18(22)19-12-9-16-10-13-21(14-11-16)25(23,24)17-7-5-4-6-8-17/h4-8,15-16H,3,9-14H2,1-2H3,(H2,19,20,22)/t15-/m1/s1. The average molecular weight is 368 g/mol. The lowest BCUT2D eigenvalue weighted by Gasteiger charge is -2.31. The highest BCUT2D eigenvalue weighted by Gasteiger charge is 2.29. The first-order chi connectivity index (χ1) is 11.9. The van der Waals surface area contributed by atoms with Gasteiger partial charge in [0.25, 0.3) is 0 Å². The summed E-state index contributed by atoms with van der Waals surface area (Å²) in [6.45, 7) is 5.71. The molecule has 0 bridgehead atoms. The van der Waals surface area contributed by atoms with Crippen molar-refractivity contribution in [2.45, 2.75) is 50.5 Å². The maximum atomic E-state index is 12.6. The minimum absolute atomic E-state index is 0.126. The van der Waals surface area contributed by atoms with E-state index >= 15 is 0 Å². The van der Waals surface area contributed by atoms with Crippen LogP contribution < -0.4 is 10.6 Å². The molecule has 2 N–H and O–H groups in total. The van der Waals surface area contributed by atoms with E-state index in [1.807, 2.05) is 19.9 Å².